The topological polar surface area (TPSA) is 108 Å². The van der Waals surface area contributed by atoms with Crippen molar-refractivity contribution in [1.82, 2.24) is 10.2 Å². The molecule has 0 saturated carbocycles. The van der Waals surface area contributed by atoms with Crippen LogP contribution >= 0.6 is 15.9 Å². The molecule has 3 aliphatic heterocycles. The van der Waals surface area contributed by atoms with Gasteiger partial charge in [0.2, 0.25) is 17.7 Å². The number of carbonyl (C=O) groups is 3. The minimum absolute atomic E-state index is 0.0845. The number of aliphatic hydroxyl groups excluding tert-OH is 1. The minimum atomic E-state index is -1.06. The third-order valence-electron chi connectivity index (χ3n) is 7.66. The fourth-order valence-electron chi connectivity index (χ4n) is 6.19. The van der Waals surface area contributed by atoms with E-state index in [-0.39, 0.29) is 29.2 Å². The number of nitrogens with zero attached hydrogens (tertiary/aromatic N) is 1. The molecular weight excluding hydrogens is 514 g/mol. The van der Waals surface area contributed by atoms with Crippen molar-refractivity contribution in [3.8, 4) is 0 Å². The lowest BCUT2D eigenvalue weighted by molar-refractivity contribution is -0.140. The summed E-state index contributed by atoms with van der Waals surface area (Å²) in [6.45, 7) is 0.454. The molecule has 2 bridgehead atoms. The first kappa shape index (κ1) is 24.2. The molecule has 3 amide bonds. The number of hydrogen-bond donors (Lipinski definition) is 3. The molecule has 0 aliphatic carbocycles. The Balaban J connectivity index is 1.48. The number of unbranched alkanes of at least 4 members (excludes halogenated alkanes) is 2. The highest BCUT2D eigenvalue weighted by Crippen LogP contribution is 2.60. The van der Waals surface area contributed by atoms with Gasteiger partial charge in [-0.2, -0.15) is 0 Å². The number of fused-ring (bicyclic) bond motifs is 2. The SMILES string of the molecule is CNC(=O)[C@H]1[C@@H]2OC3(CC2Br)C(C(=O)Nc2ccc4ccccc4c2)N(CCCCCO)C(=O)[C@H]13. The molecular formula is C26H30BrN3O5. The van der Waals surface area contributed by atoms with Gasteiger partial charge in [-0.15, -0.1) is 0 Å². The first-order valence-corrected chi connectivity index (χ1v) is 13.1. The van der Waals surface area contributed by atoms with Crippen LogP contribution in [0.2, 0.25) is 0 Å². The molecule has 0 radical (unpaired) electrons. The van der Waals surface area contributed by atoms with Gasteiger partial charge >= 0.3 is 0 Å². The molecule has 3 saturated heterocycles. The van der Waals surface area contributed by atoms with Crippen molar-refractivity contribution in [3.63, 3.8) is 0 Å². The molecule has 35 heavy (non-hydrogen) atoms. The van der Waals surface area contributed by atoms with E-state index in [4.69, 9.17) is 9.84 Å². The average Bonchev–Trinajstić information content (AvgIpc) is 3.44. The smallest absolute Gasteiger partial charge is 0.250 e. The highest BCUT2D eigenvalue weighted by molar-refractivity contribution is 9.09. The quantitative estimate of drug-likeness (QED) is 0.350. The van der Waals surface area contributed by atoms with Gasteiger partial charge in [-0.1, -0.05) is 46.3 Å². The summed E-state index contributed by atoms with van der Waals surface area (Å²) in [5, 5.41) is 16.9. The van der Waals surface area contributed by atoms with Crippen LogP contribution in [-0.2, 0) is 19.1 Å². The number of benzene rings is 2. The van der Waals surface area contributed by atoms with E-state index in [1.54, 1.807) is 11.9 Å². The lowest BCUT2D eigenvalue weighted by atomic mass is 9.70. The maximum absolute atomic E-state index is 13.8. The Bertz CT molecular complexity index is 1160. The largest absolute Gasteiger partial charge is 0.396 e. The lowest BCUT2D eigenvalue weighted by Gasteiger charge is -2.34. The number of amides is 3. The molecule has 3 unspecified atom stereocenters. The molecule has 3 aliphatic rings. The summed E-state index contributed by atoms with van der Waals surface area (Å²) in [6, 6.07) is 12.8. The number of anilines is 1. The number of aliphatic hydroxyl groups is 1. The van der Waals surface area contributed by atoms with Crippen LogP contribution in [-0.4, -0.2) is 70.5 Å². The third-order valence-corrected chi connectivity index (χ3v) is 8.51. The molecule has 8 nitrogen and oxygen atoms in total. The second-order valence-corrected chi connectivity index (χ2v) is 10.8. The molecule has 3 heterocycles. The van der Waals surface area contributed by atoms with Crippen molar-refractivity contribution < 1.29 is 24.2 Å². The van der Waals surface area contributed by atoms with Crippen molar-refractivity contribution in [2.75, 3.05) is 25.5 Å². The summed E-state index contributed by atoms with van der Waals surface area (Å²) < 4.78 is 6.43. The molecule has 5 rings (SSSR count). The Kier molecular flexibility index (Phi) is 6.59. The molecule has 2 aromatic carbocycles. The van der Waals surface area contributed by atoms with Crippen LogP contribution < -0.4 is 10.6 Å². The van der Waals surface area contributed by atoms with Crippen molar-refractivity contribution in [1.29, 1.82) is 0 Å². The van der Waals surface area contributed by atoms with Crippen LogP contribution in [0.25, 0.3) is 10.8 Å². The van der Waals surface area contributed by atoms with Crippen LogP contribution in [0.1, 0.15) is 25.7 Å². The zero-order valence-corrected chi connectivity index (χ0v) is 21.2. The molecule has 0 aromatic heterocycles. The van der Waals surface area contributed by atoms with Gasteiger partial charge in [-0.3, -0.25) is 14.4 Å². The van der Waals surface area contributed by atoms with Gasteiger partial charge in [0, 0.05) is 30.7 Å². The summed E-state index contributed by atoms with van der Waals surface area (Å²) in [7, 11) is 1.56. The molecule has 3 N–H and O–H groups in total. The van der Waals surface area contributed by atoms with Crippen LogP contribution in [0.3, 0.4) is 0 Å². The van der Waals surface area contributed by atoms with Gasteiger partial charge in [0.15, 0.2) is 0 Å². The van der Waals surface area contributed by atoms with Gasteiger partial charge in [-0.25, -0.2) is 0 Å². The van der Waals surface area contributed by atoms with Crippen LogP contribution in [0.5, 0.6) is 0 Å². The highest BCUT2D eigenvalue weighted by atomic mass is 79.9. The first-order chi connectivity index (χ1) is 16.9. The molecule has 2 aromatic rings. The van der Waals surface area contributed by atoms with E-state index in [2.05, 4.69) is 26.6 Å². The minimum Gasteiger partial charge on any atom is -0.396 e. The Hall–Kier alpha value is -2.49. The molecule has 186 valence electrons. The second kappa shape index (κ2) is 9.52. The number of likely N-dealkylation sites (tertiary alicyclic amines) is 1. The van der Waals surface area contributed by atoms with Crippen molar-refractivity contribution in [3.05, 3.63) is 42.5 Å². The third kappa shape index (κ3) is 3.93. The molecule has 9 heteroatoms. The van der Waals surface area contributed by atoms with Crippen LogP contribution in [0.4, 0.5) is 5.69 Å². The number of rotatable bonds is 8. The van der Waals surface area contributed by atoms with Gasteiger partial charge in [0.1, 0.15) is 11.6 Å². The zero-order valence-electron chi connectivity index (χ0n) is 19.6. The number of halogens is 1. The van der Waals surface area contributed by atoms with Crippen LogP contribution in [0, 0.1) is 11.8 Å². The van der Waals surface area contributed by atoms with Crippen molar-refractivity contribution in [2.45, 2.75) is 48.3 Å². The van der Waals surface area contributed by atoms with Gasteiger partial charge in [0.25, 0.3) is 0 Å². The predicted octanol–water partition coefficient (Wildman–Crippen LogP) is 2.43. The van der Waals surface area contributed by atoms with E-state index < -0.39 is 29.6 Å². The maximum Gasteiger partial charge on any atom is 0.250 e. The fourth-order valence-corrected chi connectivity index (χ4v) is 7.13. The van der Waals surface area contributed by atoms with Crippen molar-refractivity contribution >= 4 is 50.1 Å². The summed E-state index contributed by atoms with van der Waals surface area (Å²) in [5.41, 5.74) is -0.419. The lowest BCUT2D eigenvalue weighted by Crippen LogP contribution is -2.54. The molecule has 3 fully saturated rings. The van der Waals surface area contributed by atoms with Gasteiger partial charge in [-0.05, 0) is 48.6 Å². The monoisotopic (exact) mass is 543 g/mol. The van der Waals surface area contributed by atoms with Gasteiger partial charge in [0.05, 0.1) is 17.9 Å². The number of hydrogen-bond acceptors (Lipinski definition) is 5. The van der Waals surface area contributed by atoms with E-state index in [9.17, 15) is 14.4 Å². The average molecular weight is 544 g/mol. The van der Waals surface area contributed by atoms with E-state index in [0.29, 0.717) is 31.5 Å². The second-order valence-electron chi connectivity index (χ2n) is 9.64. The summed E-state index contributed by atoms with van der Waals surface area (Å²) in [5.74, 6) is -2.11. The zero-order chi connectivity index (χ0) is 24.7. The molecule has 1 spiro atoms. The number of carbonyl (C=O) groups excluding carboxylic acids is 3. The highest BCUT2D eigenvalue weighted by Gasteiger charge is 2.76. The first-order valence-electron chi connectivity index (χ1n) is 12.2. The Morgan fingerprint density at radius 1 is 1.14 bits per heavy atom. The number of alkyl halides is 1. The van der Waals surface area contributed by atoms with Gasteiger partial charge < -0.3 is 25.4 Å². The Morgan fingerprint density at radius 2 is 1.91 bits per heavy atom. The summed E-state index contributed by atoms with van der Waals surface area (Å²) in [6.07, 6.45) is 2.04. The standard InChI is InChI=1S/C26H30BrN3O5/c1-28-23(32)19-20-25(34)30(11-5-2-6-12-31)22(26(20)14-18(27)21(19)35-26)24(33)29-17-10-9-15-7-3-4-8-16(15)13-17/h3-4,7-10,13,18-22,31H,2,5-6,11-12,14H2,1H3,(H,28,32)(H,29,33)/t18?,19-,20+,21-,22?,26?/m1/s1. The van der Waals surface area contributed by atoms with Crippen LogP contribution in [0.15, 0.2) is 42.5 Å². The predicted molar refractivity (Wildman–Crippen MR) is 135 cm³/mol. The van der Waals surface area contributed by atoms with Crippen molar-refractivity contribution in [2.24, 2.45) is 11.8 Å². The summed E-state index contributed by atoms with van der Waals surface area (Å²) >= 11 is 3.65. The number of nitrogens with one attached hydrogen (secondary N) is 2. The Morgan fingerprint density at radius 3 is 2.66 bits per heavy atom. The number of ether oxygens (including phenoxy) is 1. The normalized spacial score (nSPS) is 31.1. The Labute approximate surface area is 212 Å². The van der Waals surface area contributed by atoms with E-state index in [1.807, 2.05) is 42.5 Å². The fraction of sp³-hybridized carbons (Fsp3) is 0.500. The maximum atomic E-state index is 13.8. The van der Waals surface area contributed by atoms with E-state index >= 15 is 0 Å². The van der Waals surface area contributed by atoms with E-state index in [1.165, 1.54) is 0 Å². The molecule has 6 atom stereocenters. The summed E-state index contributed by atoms with van der Waals surface area (Å²) in [4.78, 5) is 41.9. The van der Waals surface area contributed by atoms with E-state index in [0.717, 1.165) is 17.2 Å².